The van der Waals surface area contributed by atoms with Crippen LogP contribution in [-0.2, 0) is 16.1 Å². The molecule has 2 amide bonds. The topological polar surface area (TPSA) is 58.6 Å². The summed E-state index contributed by atoms with van der Waals surface area (Å²) >= 11 is 12.6. The minimum atomic E-state index is -0.746. The maximum absolute atomic E-state index is 13.1. The van der Waals surface area contributed by atoms with E-state index in [9.17, 15) is 9.59 Å². The molecule has 30 heavy (non-hydrogen) atoms. The van der Waals surface area contributed by atoms with Crippen molar-refractivity contribution in [2.75, 3.05) is 6.61 Å². The average molecular weight is 451 g/mol. The Morgan fingerprint density at radius 3 is 2.23 bits per heavy atom. The van der Waals surface area contributed by atoms with Crippen LogP contribution in [0, 0.1) is 6.92 Å². The predicted octanol–water partition coefficient (Wildman–Crippen LogP) is 5.01. The molecule has 0 fully saturated rings. The number of ether oxygens (including phenoxy) is 1. The van der Waals surface area contributed by atoms with Crippen molar-refractivity contribution in [2.24, 2.45) is 0 Å². The molecule has 2 rings (SSSR count). The van der Waals surface area contributed by atoms with Crippen LogP contribution >= 0.6 is 23.2 Å². The number of amides is 2. The van der Waals surface area contributed by atoms with Crippen molar-refractivity contribution < 1.29 is 14.3 Å². The fraction of sp³-hybridized carbons (Fsp3) is 0.391. The Bertz CT molecular complexity index is 889. The van der Waals surface area contributed by atoms with E-state index in [4.69, 9.17) is 27.9 Å². The van der Waals surface area contributed by atoms with Crippen LogP contribution in [0.25, 0.3) is 0 Å². The summed E-state index contributed by atoms with van der Waals surface area (Å²) in [7, 11) is 0. The zero-order chi connectivity index (χ0) is 22.5. The van der Waals surface area contributed by atoms with Crippen LogP contribution in [0.2, 0.25) is 10.0 Å². The van der Waals surface area contributed by atoms with E-state index in [1.54, 1.807) is 31.2 Å². The molecule has 5 nitrogen and oxygen atoms in total. The smallest absolute Gasteiger partial charge is 0.261 e. The van der Waals surface area contributed by atoms with Crippen molar-refractivity contribution in [1.29, 1.82) is 0 Å². The van der Waals surface area contributed by atoms with Crippen LogP contribution in [0.4, 0.5) is 0 Å². The highest BCUT2D eigenvalue weighted by Gasteiger charge is 2.29. The highest BCUT2D eigenvalue weighted by Crippen LogP contribution is 2.27. The molecular formula is C23H28Cl2N2O3. The number of aryl methyl sites for hydroxylation is 1. The Labute approximate surface area is 188 Å². The van der Waals surface area contributed by atoms with Crippen molar-refractivity contribution >= 4 is 35.0 Å². The second kappa shape index (κ2) is 10.2. The number of hydrogen-bond donors (Lipinski definition) is 1. The largest absolute Gasteiger partial charge is 0.484 e. The fourth-order valence-electron chi connectivity index (χ4n) is 2.85. The molecule has 2 aromatic carbocycles. The van der Waals surface area contributed by atoms with Gasteiger partial charge in [-0.3, -0.25) is 9.59 Å². The second-order valence-corrected chi connectivity index (χ2v) is 9.01. The Balaban J connectivity index is 2.26. The van der Waals surface area contributed by atoms with E-state index in [1.165, 1.54) is 4.90 Å². The lowest BCUT2D eigenvalue weighted by Crippen LogP contribution is -2.53. The molecule has 0 bridgehead atoms. The van der Waals surface area contributed by atoms with Gasteiger partial charge in [-0.05, 0) is 58.4 Å². The normalized spacial score (nSPS) is 12.2. The second-order valence-electron chi connectivity index (χ2n) is 8.19. The number of rotatable bonds is 7. The zero-order valence-electron chi connectivity index (χ0n) is 18.0. The number of nitrogens with zero attached hydrogens (tertiary/aromatic N) is 1. The Kier molecular flexibility index (Phi) is 8.16. The summed E-state index contributed by atoms with van der Waals surface area (Å²) in [4.78, 5) is 27.3. The van der Waals surface area contributed by atoms with Crippen molar-refractivity contribution in [3.63, 3.8) is 0 Å². The molecule has 0 saturated carbocycles. The highest BCUT2D eigenvalue weighted by atomic mass is 35.5. The lowest BCUT2D eigenvalue weighted by Gasteiger charge is -2.31. The van der Waals surface area contributed by atoms with Crippen LogP contribution in [0.1, 0.15) is 38.8 Å². The van der Waals surface area contributed by atoms with Crippen molar-refractivity contribution in [3.8, 4) is 5.75 Å². The molecule has 0 radical (unpaired) electrons. The lowest BCUT2D eigenvalue weighted by molar-refractivity contribution is -0.142. The van der Waals surface area contributed by atoms with Crippen LogP contribution in [0.5, 0.6) is 5.75 Å². The molecule has 0 saturated heterocycles. The standard InChI is InChI=1S/C23H28Cl2N2O3/c1-15-9-6-7-12-20(15)30-14-21(28)27(16(2)22(29)26-23(3,4)5)13-17-18(24)10-8-11-19(17)25/h6-12,16H,13-14H2,1-5H3,(H,26,29)/t16-/m0/s1. The molecule has 1 N–H and O–H groups in total. The van der Waals surface area contributed by atoms with E-state index in [0.29, 0.717) is 21.4 Å². The summed E-state index contributed by atoms with van der Waals surface area (Å²) in [5.74, 6) is 0.00842. The summed E-state index contributed by atoms with van der Waals surface area (Å²) < 4.78 is 5.72. The third-order valence-electron chi connectivity index (χ3n) is 4.50. The van der Waals surface area contributed by atoms with Crippen molar-refractivity contribution in [1.82, 2.24) is 10.2 Å². The van der Waals surface area contributed by atoms with Gasteiger partial charge in [0, 0.05) is 27.7 Å². The average Bonchev–Trinajstić information content (AvgIpc) is 2.65. The SMILES string of the molecule is Cc1ccccc1OCC(=O)N(Cc1c(Cl)cccc1Cl)[C@@H](C)C(=O)NC(C)(C)C. The maximum atomic E-state index is 13.1. The van der Waals surface area contributed by atoms with Gasteiger partial charge in [0.05, 0.1) is 0 Å². The van der Waals surface area contributed by atoms with E-state index in [2.05, 4.69) is 5.32 Å². The highest BCUT2D eigenvalue weighted by molar-refractivity contribution is 6.36. The number of hydrogen-bond acceptors (Lipinski definition) is 3. The van der Waals surface area contributed by atoms with Gasteiger partial charge in [-0.1, -0.05) is 47.5 Å². The van der Waals surface area contributed by atoms with Crippen LogP contribution in [0.15, 0.2) is 42.5 Å². The minimum Gasteiger partial charge on any atom is -0.484 e. The van der Waals surface area contributed by atoms with Gasteiger partial charge in [-0.25, -0.2) is 0 Å². The first-order valence-electron chi connectivity index (χ1n) is 9.72. The van der Waals surface area contributed by atoms with Gasteiger partial charge in [0.2, 0.25) is 5.91 Å². The molecule has 0 aromatic heterocycles. The molecule has 0 heterocycles. The molecule has 0 aliphatic rings. The Morgan fingerprint density at radius 2 is 1.67 bits per heavy atom. The van der Waals surface area contributed by atoms with Gasteiger partial charge in [0.25, 0.3) is 5.91 Å². The number of para-hydroxylation sites is 1. The van der Waals surface area contributed by atoms with Crippen LogP contribution in [0.3, 0.4) is 0 Å². The van der Waals surface area contributed by atoms with Gasteiger partial charge >= 0.3 is 0 Å². The molecule has 7 heteroatoms. The van der Waals surface area contributed by atoms with E-state index >= 15 is 0 Å². The van der Waals surface area contributed by atoms with Crippen LogP contribution < -0.4 is 10.1 Å². The molecule has 162 valence electrons. The first kappa shape index (κ1) is 24.0. The van der Waals surface area contributed by atoms with Crippen LogP contribution in [-0.4, -0.2) is 34.9 Å². The fourth-order valence-corrected chi connectivity index (χ4v) is 3.37. The van der Waals surface area contributed by atoms with Gasteiger partial charge in [0.15, 0.2) is 6.61 Å². The van der Waals surface area contributed by atoms with E-state index in [1.807, 2.05) is 45.9 Å². The molecular weight excluding hydrogens is 423 g/mol. The monoisotopic (exact) mass is 450 g/mol. The van der Waals surface area contributed by atoms with Gasteiger partial charge in [-0.2, -0.15) is 0 Å². The van der Waals surface area contributed by atoms with Crippen molar-refractivity contribution in [3.05, 3.63) is 63.6 Å². The Hall–Kier alpha value is -2.24. The van der Waals surface area contributed by atoms with Crippen molar-refractivity contribution in [2.45, 2.75) is 52.7 Å². The molecule has 0 unspecified atom stereocenters. The van der Waals surface area contributed by atoms with E-state index < -0.39 is 11.6 Å². The summed E-state index contributed by atoms with van der Waals surface area (Å²) in [6.45, 7) is 9.12. The van der Waals surface area contributed by atoms with Gasteiger partial charge in [0.1, 0.15) is 11.8 Å². The summed E-state index contributed by atoms with van der Waals surface area (Å²) in [5.41, 5.74) is 1.07. The number of carbonyl (C=O) groups is 2. The third kappa shape index (κ3) is 6.64. The third-order valence-corrected chi connectivity index (χ3v) is 5.21. The maximum Gasteiger partial charge on any atom is 0.261 e. The summed E-state index contributed by atoms with van der Waals surface area (Å²) in [5, 5.41) is 3.78. The van der Waals surface area contributed by atoms with Gasteiger partial charge in [-0.15, -0.1) is 0 Å². The lowest BCUT2D eigenvalue weighted by atomic mass is 10.1. The first-order chi connectivity index (χ1) is 14.0. The molecule has 1 atom stereocenters. The molecule has 2 aromatic rings. The number of carbonyl (C=O) groups excluding carboxylic acids is 2. The molecule has 0 spiro atoms. The first-order valence-corrected chi connectivity index (χ1v) is 10.5. The zero-order valence-corrected chi connectivity index (χ0v) is 19.5. The summed E-state index contributed by atoms with van der Waals surface area (Å²) in [6, 6.07) is 11.8. The number of benzene rings is 2. The number of halogens is 2. The van der Waals surface area contributed by atoms with E-state index in [0.717, 1.165) is 5.56 Å². The number of nitrogens with one attached hydrogen (secondary N) is 1. The van der Waals surface area contributed by atoms with E-state index in [-0.39, 0.29) is 25.0 Å². The quantitative estimate of drug-likeness (QED) is 0.644. The van der Waals surface area contributed by atoms with Gasteiger partial charge < -0.3 is 15.0 Å². The molecule has 0 aliphatic carbocycles. The summed E-state index contributed by atoms with van der Waals surface area (Å²) in [6.07, 6.45) is 0. The predicted molar refractivity (Wildman–Crippen MR) is 121 cm³/mol. The Morgan fingerprint density at radius 1 is 1.07 bits per heavy atom. The minimum absolute atomic E-state index is 0.0905. The molecule has 0 aliphatic heterocycles.